The van der Waals surface area contributed by atoms with Crippen LogP contribution in [0.5, 0.6) is 5.75 Å². The average Bonchev–Trinajstić information content (AvgIpc) is 2.73. The summed E-state index contributed by atoms with van der Waals surface area (Å²) in [5, 5.41) is 2.03. The molecule has 5 heteroatoms. The van der Waals surface area contributed by atoms with Crippen molar-refractivity contribution in [2.45, 2.75) is 13.2 Å². The summed E-state index contributed by atoms with van der Waals surface area (Å²) in [7, 11) is 0. The number of aromatic nitrogens is 1. The van der Waals surface area contributed by atoms with Crippen LogP contribution >= 0.6 is 27.3 Å². The van der Waals surface area contributed by atoms with Crippen molar-refractivity contribution in [2.75, 3.05) is 0 Å². The summed E-state index contributed by atoms with van der Waals surface area (Å²) in [5.41, 5.74) is 6.33. The van der Waals surface area contributed by atoms with Gasteiger partial charge in [-0.1, -0.05) is 0 Å². The second-order valence-corrected chi connectivity index (χ2v) is 5.02. The maximum atomic E-state index is 5.61. The standard InChI is InChI=1S/C11H11BrN2OS/c12-10-3-4-16-11(10)7-15-9-2-1-8(5-13)14-6-9/h1-4,6H,5,7,13H2. The van der Waals surface area contributed by atoms with Gasteiger partial charge in [0.2, 0.25) is 0 Å². The van der Waals surface area contributed by atoms with Gasteiger partial charge in [-0.3, -0.25) is 4.98 Å². The smallest absolute Gasteiger partial charge is 0.138 e. The van der Waals surface area contributed by atoms with Crippen molar-refractivity contribution in [1.82, 2.24) is 4.98 Å². The maximum absolute atomic E-state index is 5.61. The molecule has 0 aromatic carbocycles. The van der Waals surface area contributed by atoms with Crippen molar-refractivity contribution in [2.24, 2.45) is 5.73 Å². The number of halogens is 1. The van der Waals surface area contributed by atoms with E-state index < -0.39 is 0 Å². The first-order chi connectivity index (χ1) is 7.79. The summed E-state index contributed by atoms with van der Waals surface area (Å²) in [5.74, 6) is 0.762. The zero-order chi connectivity index (χ0) is 11.4. The molecule has 0 atom stereocenters. The van der Waals surface area contributed by atoms with Crippen molar-refractivity contribution in [1.29, 1.82) is 0 Å². The molecule has 0 aliphatic heterocycles. The van der Waals surface area contributed by atoms with Gasteiger partial charge < -0.3 is 10.5 Å². The van der Waals surface area contributed by atoms with Crippen LogP contribution in [0.1, 0.15) is 10.6 Å². The molecule has 16 heavy (non-hydrogen) atoms. The summed E-state index contributed by atoms with van der Waals surface area (Å²) >= 11 is 5.13. The number of ether oxygens (including phenoxy) is 1. The summed E-state index contributed by atoms with van der Waals surface area (Å²) in [4.78, 5) is 5.33. The van der Waals surface area contributed by atoms with E-state index in [1.54, 1.807) is 17.5 Å². The average molecular weight is 299 g/mol. The van der Waals surface area contributed by atoms with Crippen LogP contribution in [0.25, 0.3) is 0 Å². The first-order valence-electron chi connectivity index (χ1n) is 4.79. The SMILES string of the molecule is NCc1ccc(OCc2sccc2Br)cn1. The van der Waals surface area contributed by atoms with E-state index in [0.29, 0.717) is 13.2 Å². The van der Waals surface area contributed by atoms with Gasteiger partial charge in [0, 0.05) is 11.0 Å². The highest BCUT2D eigenvalue weighted by molar-refractivity contribution is 9.10. The Kier molecular flexibility index (Phi) is 3.93. The van der Waals surface area contributed by atoms with Crippen LogP contribution < -0.4 is 10.5 Å². The number of pyridine rings is 1. The molecule has 3 nitrogen and oxygen atoms in total. The van der Waals surface area contributed by atoms with Crippen LogP contribution in [-0.2, 0) is 13.2 Å². The molecule has 0 radical (unpaired) electrons. The molecule has 0 fully saturated rings. The Morgan fingerprint density at radius 2 is 2.25 bits per heavy atom. The Morgan fingerprint density at radius 1 is 1.38 bits per heavy atom. The number of nitrogens with zero attached hydrogens (tertiary/aromatic N) is 1. The Morgan fingerprint density at radius 3 is 2.81 bits per heavy atom. The number of rotatable bonds is 4. The molecule has 0 amide bonds. The van der Waals surface area contributed by atoms with Crippen molar-refractivity contribution in [3.63, 3.8) is 0 Å². The molecule has 2 heterocycles. The van der Waals surface area contributed by atoms with E-state index in [4.69, 9.17) is 10.5 Å². The fourth-order valence-electron chi connectivity index (χ4n) is 1.19. The lowest BCUT2D eigenvalue weighted by Crippen LogP contribution is -2.00. The maximum Gasteiger partial charge on any atom is 0.138 e. The molecular formula is C11H11BrN2OS. The Labute approximate surface area is 106 Å². The Balaban J connectivity index is 1.97. The van der Waals surface area contributed by atoms with Gasteiger partial charge in [0.25, 0.3) is 0 Å². The van der Waals surface area contributed by atoms with Crippen LogP contribution in [0.15, 0.2) is 34.2 Å². The minimum absolute atomic E-state index is 0.455. The molecular weight excluding hydrogens is 288 g/mol. The van der Waals surface area contributed by atoms with Gasteiger partial charge in [-0.2, -0.15) is 0 Å². The first-order valence-corrected chi connectivity index (χ1v) is 6.46. The minimum Gasteiger partial charge on any atom is -0.486 e. The first kappa shape index (κ1) is 11.6. The number of hydrogen-bond acceptors (Lipinski definition) is 4. The summed E-state index contributed by atoms with van der Waals surface area (Å²) in [6, 6.07) is 5.77. The van der Waals surface area contributed by atoms with Gasteiger partial charge in [-0.05, 0) is 39.5 Å². The normalized spacial score (nSPS) is 10.4. The van der Waals surface area contributed by atoms with Gasteiger partial charge in [0.05, 0.1) is 16.8 Å². The molecule has 0 bridgehead atoms. The lowest BCUT2D eigenvalue weighted by atomic mass is 10.3. The highest BCUT2D eigenvalue weighted by atomic mass is 79.9. The fraction of sp³-hybridized carbons (Fsp3) is 0.182. The quantitative estimate of drug-likeness (QED) is 0.944. The van der Waals surface area contributed by atoms with E-state index in [1.165, 1.54) is 4.88 Å². The molecule has 84 valence electrons. The van der Waals surface area contributed by atoms with Crippen LogP contribution in [0.4, 0.5) is 0 Å². The molecule has 0 aliphatic rings. The van der Waals surface area contributed by atoms with Crippen LogP contribution in [0, 0.1) is 0 Å². The molecule has 2 aromatic rings. The largest absolute Gasteiger partial charge is 0.486 e. The van der Waals surface area contributed by atoms with E-state index in [2.05, 4.69) is 20.9 Å². The molecule has 0 unspecified atom stereocenters. The topological polar surface area (TPSA) is 48.1 Å². The van der Waals surface area contributed by atoms with Crippen molar-refractivity contribution < 1.29 is 4.74 Å². The van der Waals surface area contributed by atoms with Crippen molar-refractivity contribution in [3.8, 4) is 5.75 Å². The number of thiophene rings is 1. The van der Waals surface area contributed by atoms with Gasteiger partial charge in [-0.15, -0.1) is 11.3 Å². The van der Waals surface area contributed by atoms with E-state index in [-0.39, 0.29) is 0 Å². The van der Waals surface area contributed by atoms with E-state index in [1.807, 2.05) is 23.6 Å². The molecule has 0 aliphatic carbocycles. The van der Waals surface area contributed by atoms with Crippen molar-refractivity contribution in [3.05, 3.63) is 44.8 Å². The highest BCUT2D eigenvalue weighted by Gasteiger charge is 2.02. The molecule has 0 spiro atoms. The second kappa shape index (κ2) is 5.43. The highest BCUT2D eigenvalue weighted by Crippen LogP contribution is 2.24. The third-order valence-electron chi connectivity index (χ3n) is 2.07. The number of nitrogens with two attached hydrogens (primary N) is 1. The second-order valence-electron chi connectivity index (χ2n) is 3.17. The molecule has 0 saturated heterocycles. The van der Waals surface area contributed by atoms with Crippen LogP contribution in [0.2, 0.25) is 0 Å². The molecule has 2 aromatic heterocycles. The molecule has 2 rings (SSSR count). The minimum atomic E-state index is 0.455. The number of hydrogen-bond donors (Lipinski definition) is 1. The van der Waals surface area contributed by atoms with E-state index in [9.17, 15) is 0 Å². The lowest BCUT2D eigenvalue weighted by Gasteiger charge is -2.05. The van der Waals surface area contributed by atoms with Gasteiger partial charge in [-0.25, -0.2) is 0 Å². The Hall–Kier alpha value is -0.910. The lowest BCUT2D eigenvalue weighted by molar-refractivity contribution is 0.307. The van der Waals surface area contributed by atoms with E-state index in [0.717, 1.165) is 15.9 Å². The molecule has 0 saturated carbocycles. The summed E-state index contributed by atoms with van der Waals surface area (Å²) < 4.78 is 6.69. The van der Waals surface area contributed by atoms with Crippen LogP contribution in [-0.4, -0.2) is 4.98 Å². The zero-order valence-electron chi connectivity index (χ0n) is 8.52. The van der Waals surface area contributed by atoms with Crippen molar-refractivity contribution >= 4 is 27.3 Å². The van der Waals surface area contributed by atoms with Gasteiger partial charge in [0.1, 0.15) is 12.4 Å². The monoisotopic (exact) mass is 298 g/mol. The summed E-state index contributed by atoms with van der Waals surface area (Å²) in [6.07, 6.45) is 1.70. The molecule has 2 N–H and O–H groups in total. The fourth-order valence-corrected chi connectivity index (χ4v) is 2.57. The predicted molar refractivity (Wildman–Crippen MR) is 68.5 cm³/mol. The third kappa shape index (κ3) is 2.81. The Bertz CT molecular complexity index is 455. The predicted octanol–water partition coefficient (Wildman–Crippen LogP) is 2.94. The third-order valence-corrected chi connectivity index (χ3v) is 3.97. The summed E-state index contributed by atoms with van der Waals surface area (Å²) in [6.45, 7) is 1.01. The van der Waals surface area contributed by atoms with Gasteiger partial charge >= 0.3 is 0 Å². The van der Waals surface area contributed by atoms with E-state index >= 15 is 0 Å². The van der Waals surface area contributed by atoms with Gasteiger partial charge in [0.15, 0.2) is 0 Å². The van der Waals surface area contributed by atoms with Crippen LogP contribution in [0.3, 0.4) is 0 Å². The zero-order valence-corrected chi connectivity index (χ0v) is 10.9.